The van der Waals surface area contributed by atoms with Gasteiger partial charge in [-0.2, -0.15) is 0 Å². The van der Waals surface area contributed by atoms with Crippen LogP contribution < -0.4 is 0 Å². The van der Waals surface area contributed by atoms with Crippen molar-refractivity contribution < 1.29 is 9.47 Å². The molecule has 1 rings (SSSR count). The number of benzene rings is 1. The van der Waals surface area contributed by atoms with Gasteiger partial charge in [0.2, 0.25) is 0 Å². The SMILES string of the molecule is C=CCOC(OCC=C)c1ccccc1. The Balaban J connectivity index is 2.62. The molecule has 0 heterocycles. The van der Waals surface area contributed by atoms with Crippen LogP contribution in [0.15, 0.2) is 55.6 Å². The van der Waals surface area contributed by atoms with Crippen LogP contribution in [0.4, 0.5) is 0 Å². The van der Waals surface area contributed by atoms with Crippen LogP contribution in [0.2, 0.25) is 0 Å². The lowest BCUT2D eigenvalue weighted by atomic mass is 10.2. The molecule has 0 fully saturated rings. The van der Waals surface area contributed by atoms with E-state index in [0.29, 0.717) is 13.2 Å². The predicted molar refractivity (Wildman–Crippen MR) is 61.5 cm³/mol. The summed E-state index contributed by atoms with van der Waals surface area (Å²) in [6, 6.07) is 9.81. The van der Waals surface area contributed by atoms with E-state index >= 15 is 0 Å². The van der Waals surface area contributed by atoms with Gasteiger partial charge in [0.25, 0.3) is 0 Å². The smallest absolute Gasteiger partial charge is 0.184 e. The number of hydrogen-bond donors (Lipinski definition) is 0. The highest BCUT2D eigenvalue weighted by atomic mass is 16.7. The second kappa shape index (κ2) is 6.98. The molecule has 0 amide bonds. The molecule has 1 aromatic rings. The van der Waals surface area contributed by atoms with Gasteiger partial charge in [0.1, 0.15) is 0 Å². The molecule has 0 N–H and O–H groups in total. The van der Waals surface area contributed by atoms with E-state index in [-0.39, 0.29) is 6.29 Å². The van der Waals surface area contributed by atoms with E-state index in [4.69, 9.17) is 9.47 Å². The molecule has 0 unspecified atom stereocenters. The molecule has 80 valence electrons. The van der Waals surface area contributed by atoms with Gasteiger partial charge in [-0.25, -0.2) is 0 Å². The molecular formula is C13H16O2. The van der Waals surface area contributed by atoms with E-state index in [1.165, 1.54) is 0 Å². The Morgan fingerprint density at radius 3 is 2.00 bits per heavy atom. The molecular weight excluding hydrogens is 188 g/mol. The topological polar surface area (TPSA) is 18.5 Å². The summed E-state index contributed by atoms with van der Waals surface area (Å²) < 4.78 is 11.0. The van der Waals surface area contributed by atoms with Crippen molar-refractivity contribution >= 4 is 0 Å². The summed E-state index contributed by atoms with van der Waals surface area (Å²) in [7, 11) is 0. The minimum atomic E-state index is -0.345. The van der Waals surface area contributed by atoms with Crippen LogP contribution >= 0.6 is 0 Å². The lowest BCUT2D eigenvalue weighted by molar-refractivity contribution is -0.131. The average molecular weight is 204 g/mol. The fourth-order valence-corrected chi connectivity index (χ4v) is 1.16. The molecule has 2 heteroatoms. The van der Waals surface area contributed by atoms with Gasteiger partial charge in [-0.3, -0.25) is 0 Å². The highest BCUT2D eigenvalue weighted by Crippen LogP contribution is 2.18. The highest BCUT2D eigenvalue weighted by Gasteiger charge is 2.09. The van der Waals surface area contributed by atoms with Crippen LogP contribution in [0.1, 0.15) is 11.9 Å². The van der Waals surface area contributed by atoms with Crippen molar-refractivity contribution in [3.05, 3.63) is 61.2 Å². The maximum atomic E-state index is 5.49. The summed E-state index contributed by atoms with van der Waals surface area (Å²) in [6.07, 6.45) is 3.06. The maximum absolute atomic E-state index is 5.49. The van der Waals surface area contributed by atoms with E-state index in [1.54, 1.807) is 12.2 Å². The van der Waals surface area contributed by atoms with E-state index < -0.39 is 0 Å². The van der Waals surface area contributed by atoms with Gasteiger partial charge in [-0.05, 0) is 0 Å². The third-order valence-electron chi connectivity index (χ3n) is 1.80. The summed E-state index contributed by atoms with van der Waals surface area (Å²) in [5.41, 5.74) is 1.00. The first kappa shape index (κ1) is 11.7. The molecule has 0 saturated heterocycles. The van der Waals surface area contributed by atoms with Crippen molar-refractivity contribution in [2.24, 2.45) is 0 Å². The van der Waals surface area contributed by atoms with Gasteiger partial charge in [-0.15, -0.1) is 13.2 Å². The fourth-order valence-electron chi connectivity index (χ4n) is 1.16. The van der Waals surface area contributed by atoms with Gasteiger partial charge in [0, 0.05) is 5.56 Å². The molecule has 0 bridgehead atoms. The van der Waals surface area contributed by atoms with Crippen molar-refractivity contribution in [2.45, 2.75) is 6.29 Å². The minimum Gasteiger partial charge on any atom is -0.344 e. The van der Waals surface area contributed by atoms with Gasteiger partial charge >= 0.3 is 0 Å². The normalized spacial score (nSPS) is 10.2. The summed E-state index contributed by atoms with van der Waals surface area (Å²) in [5, 5.41) is 0. The lowest BCUT2D eigenvalue weighted by Gasteiger charge is -2.17. The minimum absolute atomic E-state index is 0.345. The zero-order valence-corrected chi connectivity index (χ0v) is 8.76. The number of ether oxygens (including phenoxy) is 2. The van der Waals surface area contributed by atoms with Crippen LogP contribution in [0.3, 0.4) is 0 Å². The molecule has 0 saturated carbocycles. The van der Waals surface area contributed by atoms with Crippen molar-refractivity contribution in [1.29, 1.82) is 0 Å². The Kier molecular flexibility index (Phi) is 5.44. The summed E-state index contributed by atoms with van der Waals surface area (Å²) >= 11 is 0. The molecule has 0 aliphatic rings. The Morgan fingerprint density at radius 2 is 1.53 bits per heavy atom. The quantitative estimate of drug-likeness (QED) is 0.502. The van der Waals surface area contributed by atoms with E-state index in [2.05, 4.69) is 13.2 Å². The molecule has 0 aliphatic carbocycles. The maximum Gasteiger partial charge on any atom is 0.184 e. The number of rotatable bonds is 7. The second-order valence-electron chi connectivity index (χ2n) is 2.99. The van der Waals surface area contributed by atoms with Crippen LogP contribution in [0, 0.1) is 0 Å². The fraction of sp³-hybridized carbons (Fsp3) is 0.231. The molecule has 2 nitrogen and oxygen atoms in total. The van der Waals surface area contributed by atoms with E-state index in [0.717, 1.165) is 5.56 Å². The summed E-state index contributed by atoms with van der Waals surface area (Å²) in [5.74, 6) is 0. The van der Waals surface area contributed by atoms with Crippen molar-refractivity contribution in [2.75, 3.05) is 13.2 Å². The third-order valence-corrected chi connectivity index (χ3v) is 1.80. The number of hydrogen-bond acceptors (Lipinski definition) is 2. The summed E-state index contributed by atoms with van der Waals surface area (Å²) in [6.45, 7) is 8.15. The molecule has 0 spiro atoms. The van der Waals surface area contributed by atoms with E-state index in [1.807, 2.05) is 30.3 Å². The first-order valence-corrected chi connectivity index (χ1v) is 4.88. The van der Waals surface area contributed by atoms with Crippen molar-refractivity contribution in [1.82, 2.24) is 0 Å². The average Bonchev–Trinajstić information content (AvgIpc) is 2.30. The molecule has 0 aromatic heterocycles. The molecule has 1 aromatic carbocycles. The summed E-state index contributed by atoms with van der Waals surface area (Å²) in [4.78, 5) is 0. The Hall–Kier alpha value is -1.38. The monoisotopic (exact) mass is 204 g/mol. The first-order chi connectivity index (χ1) is 7.38. The van der Waals surface area contributed by atoms with Crippen LogP contribution in [-0.2, 0) is 9.47 Å². The first-order valence-electron chi connectivity index (χ1n) is 4.88. The van der Waals surface area contributed by atoms with Gasteiger partial charge < -0.3 is 9.47 Å². The second-order valence-corrected chi connectivity index (χ2v) is 2.99. The Morgan fingerprint density at radius 1 is 1.00 bits per heavy atom. The predicted octanol–water partition coefficient (Wildman–Crippen LogP) is 3.09. The molecule has 0 radical (unpaired) electrons. The molecule has 0 atom stereocenters. The lowest BCUT2D eigenvalue weighted by Crippen LogP contribution is -2.09. The Bertz CT molecular complexity index is 281. The zero-order chi connectivity index (χ0) is 10.9. The largest absolute Gasteiger partial charge is 0.344 e. The van der Waals surface area contributed by atoms with Gasteiger partial charge in [-0.1, -0.05) is 42.5 Å². The van der Waals surface area contributed by atoms with Crippen LogP contribution in [0.5, 0.6) is 0 Å². The zero-order valence-electron chi connectivity index (χ0n) is 8.76. The van der Waals surface area contributed by atoms with Crippen molar-refractivity contribution in [3.8, 4) is 0 Å². The van der Waals surface area contributed by atoms with Crippen molar-refractivity contribution in [3.63, 3.8) is 0 Å². The molecule has 0 aliphatic heterocycles. The Labute approximate surface area is 90.8 Å². The van der Waals surface area contributed by atoms with Gasteiger partial charge in [0.15, 0.2) is 6.29 Å². The van der Waals surface area contributed by atoms with Gasteiger partial charge in [0.05, 0.1) is 13.2 Å². The highest BCUT2D eigenvalue weighted by molar-refractivity contribution is 5.16. The standard InChI is InChI=1S/C13H16O2/c1-3-10-14-13(15-11-4-2)12-8-6-5-7-9-12/h3-9,13H,1-2,10-11H2. The van der Waals surface area contributed by atoms with E-state index in [9.17, 15) is 0 Å². The van der Waals surface area contributed by atoms with Crippen LogP contribution in [-0.4, -0.2) is 13.2 Å². The molecule has 15 heavy (non-hydrogen) atoms. The van der Waals surface area contributed by atoms with Crippen LogP contribution in [0.25, 0.3) is 0 Å². The third kappa shape index (κ3) is 4.11.